The molecule has 0 fully saturated rings. The Kier molecular flexibility index (Phi) is 8.17. The molecule has 0 spiro atoms. The average Bonchev–Trinajstić information content (AvgIpc) is 2.72. The minimum absolute atomic E-state index is 0.0324. The number of sulfonamides is 1. The highest BCUT2D eigenvalue weighted by Gasteiger charge is 2.15. The van der Waals surface area contributed by atoms with Gasteiger partial charge in [0, 0.05) is 6.54 Å². The largest absolute Gasteiger partial charge is 0.494 e. The number of carbonyl (C=O) groups is 2. The van der Waals surface area contributed by atoms with Gasteiger partial charge in [-0.1, -0.05) is 12.1 Å². The van der Waals surface area contributed by atoms with Crippen LogP contribution in [0, 0.1) is 0 Å². The lowest BCUT2D eigenvalue weighted by Gasteiger charge is -2.09. The van der Waals surface area contributed by atoms with Gasteiger partial charge in [0.25, 0.3) is 0 Å². The van der Waals surface area contributed by atoms with Crippen molar-refractivity contribution < 1.29 is 32.2 Å². The molecule has 9 heteroatoms. The average molecular weight is 421 g/mol. The van der Waals surface area contributed by atoms with E-state index >= 15 is 0 Å². The molecule has 0 unspecified atom stereocenters. The predicted molar refractivity (Wildman–Crippen MR) is 105 cm³/mol. The van der Waals surface area contributed by atoms with E-state index in [-0.39, 0.29) is 24.5 Å². The molecule has 0 aliphatic heterocycles. The van der Waals surface area contributed by atoms with Crippen LogP contribution in [0.5, 0.6) is 5.75 Å². The summed E-state index contributed by atoms with van der Waals surface area (Å²) in [5.74, 6) is -0.476. The van der Waals surface area contributed by atoms with Gasteiger partial charge in [-0.3, -0.25) is 4.79 Å². The molecule has 2 aromatic rings. The van der Waals surface area contributed by atoms with Gasteiger partial charge in [0.1, 0.15) is 12.4 Å². The van der Waals surface area contributed by atoms with Gasteiger partial charge in [-0.25, -0.2) is 17.9 Å². The Labute approximate surface area is 169 Å². The van der Waals surface area contributed by atoms with E-state index in [1.165, 1.54) is 19.2 Å². The lowest BCUT2D eigenvalue weighted by molar-refractivity contribution is -0.144. The monoisotopic (exact) mass is 421 g/mol. The van der Waals surface area contributed by atoms with Crippen molar-refractivity contribution in [3.8, 4) is 5.75 Å². The first-order valence-corrected chi connectivity index (χ1v) is 10.4. The van der Waals surface area contributed by atoms with Crippen molar-refractivity contribution in [3.63, 3.8) is 0 Å². The standard InChI is InChI=1S/C20H23NO7S/c1-3-27-17-7-9-18(10-8-17)29(24,25)21-12-11-19(22)28-14-15-5-4-6-16(13-15)20(23)26-2/h4-10,13,21H,3,11-12,14H2,1-2H3. The third kappa shape index (κ3) is 6.88. The Bertz CT molecular complexity index is 940. The lowest BCUT2D eigenvalue weighted by Crippen LogP contribution is -2.26. The zero-order chi connectivity index (χ0) is 21.3. The summed E-state index contributed by atoms with van der Waals surface area (Å²) in [6, 6.07) is 12.5. The van der Waals surface area contributed by atoms with Crippen molar-refractivity contribution in [2.45, 2.75) is 24.8 Å². The van der Waals surface area contributed by atoms with Gasteiger partial charge in [-0.05, 0) is 48.9 Å². The van der Waals surface area contributed by atoms with Gasteiger partial charge in [0.15, 0.2) is 0 Å². The number of carbonyl (C=O) groups excluding carboxylic acids is 2. The molecule has 0 heterocycles. The van der Waals surface area contributed by atoms with E-state index < -0.39 is 22.0 Å². The molecule has 0 radical (unpaired) electrons. The summed E-state index contributed by atoms with van der Waals surface area (Å²) in [6.45, 7) is 2.19. The second-order valence-electron chi connectivity index (χ2n) is 5.90. The predicted octanol–water partition coefficient (Wildman–Crippen LogP) is 2.28. The summed E-state index contributed by atoms with van der Waals surface area (Å²) in [7, 11) is -2.46. The number of rotatable bonds is 10. The van der Waals surface area contributed by atoms with Gasteiger partial charge >= 0.3 is 11.9 Å². The van der Waals surface area contributed by atoms with E-state index in [2.05, 4.69) is 9.46 Å². The first-order valence-electron chi connectivity index (χ1n) is 8.91. The molecule has 0 saturated carbocycles. The van der Waals surface area contributed by atoms with Crippen molar-refractivity contribution in [2.75, 3.05) is 20.3 Å². The Balaban J connectivity index is 1.81. The zero-order valence-electron chi connectivity index (χ0n) is 16.2. The fourth-order valence-electron chi connectivity index (χ4n) is 2.39. The van der Waals surface area contributed by atoms with E-state index in [0.717, 1.165) is 0 Å². The first-order chi connectivity index (χ1) is 13.9. The molecule has 1 N–H and O–H groups in total. The molecule has 2 rings (SSSR count). The van der Waals surface area contributed by atoms with Gasteiger partial charge in [0.2, 0.25) is 10.0 Å². The summed E-state index contributed by atoms with van der Waals surface area (Å²) in [4.78, 5) is 23.4. The van der Waals surface area contributed by atoms with Crippen LogP contribution in [0.1, 0.15) is 29.3 Å². The van der Waals surface area contributed by atoms with Gasteiger partial charge in [-0.15, -0.1) is 0 Å². The molecule has 29 heavy (non-hydrogen) atoms. The van der Waals surface area contributed by atoms with Gasteiger partial charge in [0.05, 0.1) is 30.6 Å². The number of benzene rings is 2. The number of hydrogen-bond donors (Lipinski definition) is 1. The second kappa shape index (κ2) is 10.6. The minimum atomic E-state index is -3.74. The van der Waals surface area contributed by atoms with Crippen LogP contribution < -0.4 is 9.46 Å². The van der Waals surface area contributed by atoms with Crippen LogP contribution in [0.2, 0.25) is 0 Å². The van der Waals surface area contributed by atoms with E-state index in [0.29, 0.717) is 23.5 Å². The second-order valence-corrected chi connectivity index (χ2v) is 7.67. The van der Waals surface area contributed by atoms with Crippen molar-refractivity contribution >= 4 is 22.0 Å². The zero-order valence-corrected chi connectivity index (χ0v) is 17.0. The number of esters is 2. The number of hydrogen-bond acceptors (Lipinski definition) is 7. The van der Waals surface area contributed by atoms with Crippen LogP contribution in [0.3, 0.4) is 0 Å². The minimum Gasteiger partial charge on any atom is -0.494 e. The Morgan fingerprint density at radius 2 is 1.79 bits per heavy atom. The molecule has 0 saturated heterocycles. The SMILES string of the molecule is CCOc1ccc(S(=O)(=O)NCCC(=O)OCc2cccc(C(=O)OC)c2)cc1. The Morgan fingerprint density at radius 3 is 2.45 bits per heavy atom. The summed E-state index contributed by atoms with van der Waals surface area (Å²) < 4.78 is 41.9. The molecule has 0 aliphatic carbocycles. The highest BCUT2D eigenvalue weighted by atomic mass is 32.2. The number of methoxy groups -OCH3 is 1. The molecule has 0 atom stereocenters. The van der Waals surface area contributed by atoms with E-state index in [4.69, 9.17) is 9.47 Å². The number of ether oxygens (including phenoxy) is 3. The van der Waals surface area contributed by atoms with Crippen LogP contribution >= 0.6 is 0 Å². The molecule has 156 valence electrons. The fourth-order valence-corrected chi connectivity index (χ4v) is 3.43. The van der Waals surface area contributed by atoms with Crippen molar-refractivity contribution in [1.82, 2.24) is 4.72 Å². The number of nitrogens with one attached hydrogen (secondary N) is 1. The first kappa shape index (κ1) is 22.4. The van der Waals surface area contributed by atoms with Crippen LogP contribution in [0.25, 0.3) is 0 Å². The maximum Gasteiger partial charge on any atom is 0.337 e. The van der Waals surface area contributed by atoms with Gasteiger partial charge < -0.3 is 14.2 Å². The van der Waals surface area contributed by atoms with E-state index in [1.807, 2.05) is 6.92 Å². The third-order valence-electron chi connectivity index (χ3n) is 3.81. The maximum atomic E-state index is 12.2. The lowest BCUT2D eigenvalue weighted by atomic mass is 10.1. The van der Waals surface area contributed by atoms with Crippen molar-refractivity contribution in [3.05, 3.63) is 59.7 Å². The topological polar surface area (TPSA) is 108 Å². The van der Waals surface area contributed by atoms with Crippen molar-refractivity contribution in [1.29, 1.82) is 0 Å². The molecule has 2 aromatic carbocycles. The molecular formula is C20H23NO7S. The van der Waals surface area contributed by atoms with Crippen molar-refractivity contribution in [2.24, 2.45) is 0 Å². The Hall–Kier alpha value is -2.91. The van der Waals surface area contributed by atoms with Gasteiger partial charge in [-0.2, -0.15) is 0 Å². The summed E-state index contributed by atoms with van der Waals surface area (Å²) in [5.41, 5.74) is 0.973. The highest BCUT2D eigenvalue weighted by molar-refractivity contribution is 7.89. The quantitative estimate of drug-likeness (QED) is 0.586. The summed E-state index contributed by atoms with van der Waals surface area (Å²) >= 11 is 0. The molecule has 0 amide bonds. The summed E-state index contributed by atoms with van der Waals surface area (Å²) in [6.07, 6.45) is -0.132. The third-order valence-corrected chi connectivity index (χ3v) is 5.29. The molecule has 8 nitrogen and oxygen atoms in total. The van der Waals surface area contributed by atoms with Crippen LogP contribution in [0.4, 0.5) is 0 Å². The molecule has 0 bridgehead atoms. The fraction of sp³-hybridized carbons (Fsp3) is 0.300. The summed E-state index contributed by atoms with van der Waals surface area (Å²) in [5, 5.41) is 0. The normalized spacial score (nSPS) is 11.0. The molecule has 0 aliphatic rings. The molecule has 0 aromatic heterocycles. The molecular weight excluding hydrogens is 398 g/mol. The highest BCUT2D eigenvalue weighted by Crippen LogP contribution is 2.16. The Morgan fingerprint density at radius 1 is 1.07 bits per heavy atom. The van der Waals surface area contributed by atoms with Crippen LogP contribution in [-0.2, 0) is 30.9 Å². The van der Waals surface area contributed by atoms with Crippen LogP contribution in [0.15, 0.2) is 53.4 Å². The van der Waals surface area contributed by atoms with E-state index in [9.17, 15) is 18.0 Å². The maximum absolute atomic E-state index is 12.2. The van der Waals surface area contributed by atoms with E-state index in [1.54, 1.807) is 36.4 Å². The smallest absolute Gasteiger partial charge is 0.337 e. The van der Waals surface area contributed by atoms with Crippen LogP contribution in [-0.4, -0.2) is 40.6 Å².